The molecule has 1 amide bonds. The molecule has 1 aliphatic carbocycles. The predicted molar refractivity (Wildman–Crippen MR) is 92.7 cm³/mol. The second-order valence-corrected chi connectivity index (χ2v) is 5.96. The molecule has 0 aromatic heterocycles. The van der Waals surface area contributed by atoms with E-state index in [0.717, 1.165) is 42.5 Å². The van der Waals surface area contributed by atoms with Crippen molar-refractivity contribution in [1.82, 2.24) is 5.32 Å². The van der Waals surface area contributed by atoms with E-state index in [-0.39, 0.29) is 24.0 Å². The van der Waals surface area contributed by atoms with Crippen LogP contribution in [-0.4, -0.2) is 5.91 Å². The topological polar surface area (TPSA) is 55.1 Å². The number of hydrogen-bond donors (Lipinski definition) is 2. The zero-order valence-corrected chi connectivity index (χ0v) is 14.1. The highest BCUT2D eigenvalue weighted by atomic mass is 35.5. The van der Waals surface area contributed by atoms with Crippen LogP contribution in [0.4, 0.5) is 18.9 Å². The number of amides is 1. The minimum Gasteiger partial charge on any atom is -0.399 e. The number of hydrogen-bond acceptors (Lipinski definition) is 2. The van der Waals surface area contributed by atoms with E-state index in [1.165, 1.54) is 12.1 Å². The van der Waals surface area contributed by atoms with Gasteiger partial charge in [0.25, 0.3) is 5.91 Å². The molecular weight excluding hydrogens is 353 g/mol. The quantitative estimate of drug-likeness (QED) is 0.764. The van der Waals surface area contributed by atoms with Crippen molar-refractivity contribution < 1.29 is 18.0 Å². The summed E-state index contributed by atoms with van der Waals surface area (Å²) in [7, 11) is 0. The minimum atomic E-state index is -4.47. The number of carbonyl (C=O) groups is 1. The number of benzene rings is 2. The maximum atomic E-state index is 12.8. The van der Waals surface area contributed by atoms with Crippen LogP contribution in [0.3, 0.4) is 0 Å². The second kappa shape index (κ2) is 7.35. The molecule has 0 saturated heterocycles. The summed E-state index contributed by atoms with van der Waals surface area (Å²) in [5, 5.41) is 2.84. The van der Waals surface area contributed by atoms with E-state index < -0.39 is 17.6 Å². The third-order valence-corrected chi connectivity index (χ3v) is 4.24. The number of nitrogen functional groups attached to an aromatic ring is 1. The fraction of sp³-hybridized carbons (Fsp3) is 0.278. The maximum absolute atomic E-state index is 12.8. The lowest BCUT2D eigenvalue weighted by molar-refractivity contribution is -0.137. The van der Waals surface area contributed by atoms with Gasteiger partial charge in [-0.25, -0.2) is 0 Å². The molecule has 7 heteroatoms. The van der Waals surface area contributed by atoms with Crippen molar-refractivity contribution in [2.75, 3.05) is 5.73 Å². The Balaban J connectivity index is 0.00000225. The fourth-order valence-electron chi connectivity index (χ4n) is 3.06. The van der Waals surface area contributed by atoms with E-state index in [1.54, 1.807) is 6.07 Å². The average molecular weight is 371 g/mol. The third kappa shape index (κ3) is 4.25. The lowest BCUT2D eigenvalue weighted by Gasteiger charge is -2.26. The first-order valence-electron chi connectivity index (χ1n) is 7.71. The smallest absolute Gasteiger partial charge is 0.399 e. The van der Waals surface area contributed by atoms with Crippen LogP contribution in [0.25, 0.3) is 0 Å². The number of rotatable bonds is 2. The summed E-state index contributed by atoms with van der Waals surface area (Å²) < 4.78 is 38.3. The van der Waals surface area contributed by atoms with Crippen LogP contribution >= 0.6 is 12.4 Å². The predicted octanol–water partition coefficient (Wildman–Crippen LogP) is 4.52. The molecule has 0 aliphatic heterocycles. The van der Waals surface area contributed by atoms with Crippen LogP contribution in [0.15, 0.2) is 42.5 Å². The largest absolute Gasteiger partial charge is 0.416 e. The molecule has 0 radical (unpaired) electrons. The van der Waals surface area contributed by atoms with Crippen molar-refractivity contribution in [3.8, 4) is 0 Å². The molecule has 0 bridgehead atoms. The number of alkyl halides is 3. The molecule has 1 aliphatic rings. The van der Waals surface area contributed by atoms with Crippen LogP contribution in [-0.2, 0) is 12.6 Å². The molecule has 1 atom stereocenters. The number of carbonyl (C=O) groups excluding carboxylic acids is 1. The molecule has 25 heavy (non-hydrogen) atoms. The summed E-state index contributed by atoms with van der Waals surface area (Å²) in [4.78, 5) is 12.4. The summed E-state index contributed by atoms with van der Waals surface area (Å²) in [5.41, 5.74) is 7.69. The Morgan fingerprint density at radius 3 is 2.64 bits per heavy atom. The molecule has 0 fully saturated rings. The highest BCUT2D eigenvalue weighted by Gasteiger charge is 2.31. The first kappa shape index (κ1) is 19.1. The normalized spacial score (nSPS) is 16.5. The summed E-state index contributed by atoms with van der Waals surface area (Å²) in [6.07, 6.45) is -1.94. The number of aryl methyl sites for hydroxylation is 1. The molecule has 3 rings (SSSR count). The molecule has 3 nitrogen and oxygen atoms in total. The van der Waals surface area contributed by atoms with E-state index in [9.17, 15) is 18.0 Å². The van der Waals surface area contributed by atoms with Crippen molar-refractivity contribution in [1.29, 1.82) is 0 Å². The third-order valence-electron chi connectivity index (χ3n) is 4.24. The van der Waals surface area contributed by atoms with E-state index in [2.05, 4.69) is 5.32 Å². The molecule has 134 valence electrons. The zero-order chi connectivity index (χ0) is 17.3. The van der Waals surface area contributed by atoms with Crippen molar-refractivity contribution in [2.24, 2.45) is 0 Å². The molecule has 2 aromatic carbocycles. The fourth-order valence-corrected chi connectivity index (χ4v) is 3.06. The zero-order valence-electron chi connectivity index (χ0n) is 13.3. The second-order valence-electron chi connectivity index (χ2n) is 5.96. The lowest BCUT2D eigenvalue weighted by atomic mass is 9.87. The van der Waals surface area contributed by atoms with Gasteiger partial charge >= 0.3 is 6.18 Å². The van der Waals surface area contributed by atoms with Gasteiger partial charge in [-0.1, -0.05) is 12.1 Å². The van der Waals surface area contributed by atoms with Gasteiger partial charge in [-0.05, 0) is 60.7 Å². The Morgan fingerprint density at radius 1 is 1.16 bits per heavy atom. The van der Waals surface area contributed by atoms with Gasteiger partial charge in [0.1, 0.15) is 0 Å². The Kier molecular flexibility index (Phi) is 5.62. The van der Waals surface area contributed by atoms with Crippen LogP contribution in [0.2, 0.25) is 0 Å². The van der Waals surface area contributed by atoms with Crippen molar-refractivity contribution >= 4 is 24.0 Å². The van der Waals surface area contributed by atoms with Crippen LogP contribution in [0, 0.1) is 0 Å². The highest BCUT2D eigenvalue weighted by molar-refractivity contribution is 5.94. The molecule has 0 spiro atoms. The van der Waals surface area contributed by atoms with Crippen LogP contribution in [0.1, 0.15) is 45.9 Å². The van der Waals surface area contributed by atoms with Gasteiger partial charge in [0.05, 0.1) is 11.6 Å². The molecular formula is C18H18ClF3N2O. The molecule has 0 heterocycles. The maximum Gasteiger partial charge on any atom is 0.416 e. The number of halogens is 4. The van der Waals surface area contributed by atoms with E-state index in [1.807, 2.05) is 12.1 Å². The summed E-state index contributed by atoms with van der Waals surface area (Å²) in [6.45, 7) is 0. The van der Waals surface area contributed by atoms with Gasteiger partial charge in [0.15, 0.2) is 0 Å². The number of anilines is 1. The Morgan fingerprint density at radius 2 is 1.92 bits per heavy atom. The summed E-state index contributed by atoms with van der Waals surface area (Å²) in [5.74, 6) is -0.504. The standard InChI is InChI=1S/C18H17F3N2O.ClH/c19-18(20,21)13-5-1-4-12(9-13)17(24)23-16-6-2-3-11-10-14(22)7-8-15(11)16;/h1,4-5,7-10,16H,2-3,6,22H2,(H,23,24);1H. The highest BCUT2D eigenvalue weighted by Crippen LogP contribution is 2.32. The van der Waals surface area contributed by atoms with Gasteiger partial charge in [-0.2, -0.15) is 13.2 Å². The van der Waals surface area contributed by atoms with Gasteiger partial charge in [0.2, 0.25) is 0 Å². The Labute approximate surface area is 149 Å². The number of nitrogens with one attached hydrogen (secondary N) is 1. The van der Waals surface area contributed by atoms with Crippen LogP contribution in [0.5, 0.6) is 0 Å². The van der Waals surface area contributed by atoms with Gasteiger partial charge < -0.3 is 11.1 Å². The Bertz CT molecular complexity index is 777. The summed E-state index contributed by atoms with van der Waals surface area (Å²) >= 11 is 0. The molecule has 3 N–H and O–H groups in total. The lowest BCUT2D eigenvalue weighted by Crippen LogP contribution is -2.31. The average Bonchev–Trinajstić information content (AvgIpc) is 2.54. The minimum absolute atomic E-state index is 0. The van der Waals surface area contributed by atoms with E-state index >= 15 is 0 Å². The summed E-state index contributed by atoms with van der Waals surface area (Å²) in [6, 6.07) is 9.78. The molecule has 0 saturated carbocycles. The van der Waals surface area contributed by atoms with Crippen molar-refractivity contribution in [2.45, 2.75) is 31.5 Å². The number of nitrogens with two attached hydrogens (primary N) is 1. The van der Waals surface area contributed by atoms with Gasteiger partial charge in [0, 0.05) is 11.3 Å². The van der Waals surface area contributed by atoms with Gasteiger partial charge in [-0.3, -0.25) is 4.79 Å². The molecule has 1 unspecified atom stereocenters. The molecule has 2 aromatic rings. The SMILES string of the molecule is Cl.Nc1ccc2c(c1)CCCC2NC(=O)c1cccc(C(F)(F)F)c1. The van der Waals surface area contributed by atoms with E-state index in [4.69, 9.17) is 5.73 Å². The van der Waals surface area contributed by atoms with E-state index in [0.29, 0.717) is 5.69 Å². The monoisotopic (exact) mass is 370 g/mol. The van der Waals surface area contributed by atoms with Crippen LogP contribution < -0.4 is 11.1 Å². The van der Waals surface area contributed by atoms with Gasteiger partial charge in [-0.15, -0.1) is 12.4 Å². The van der Waals surface area contributed by atoms with Crippen molar-refractivity contribution in [3.05, 3.63) is 64.7 Å². The Hall–Kier alpha value is -2.21. The van der Waals surface area contributed by atoms with Crippen molar-refractivity contribution in [3.63, 3.8) is 0 Å². The first-order chi connectivity index (χ1) is 11.3. The number of fused-ring (bicyclic) bond motifs is 1. The first-order valence-corrected chi connectivity index (χ1v) is 7.71.